The largest absolute Gasteiger partial charge is 0.467 e. The van der Waals surface area contributed by atoms with E-state index in [-0.39, 0.29) is 25.6 Å². The molecule has 0 fully saturated rings. The maximum atomic E-state index is 13.6. The zero-order chi connectivity index (χ0) is 17.8. The van der Waals surface area contributed by atoms with Crippen LogP contribution in [-0.2, 0) is 22.7 Å². The van der Waals surface area contributed by atoms with Crippen molar-refractivity contribution in [2.24, 2.45) is 0 Å². The zero-order valence-corrected chi connectivity index (χ0v) is 13.7. The summed E-state index contributed by atoms with van der Waals surface area (Å²) >= 11 is 0.391. The minimum atomic E-state index is -2.53. The third-order valence-corrected chi connectivity index (χ3v) is 4.15. The van der Waals surface area contributed by atoms with Gasteiger partial charge in [-0.3, -0.25) is 0 Å². The highest BCUT2D eigenvalue weighted by Crippen LogP contribution is 2.30. The van der Waals surface area contributed by atoms with Crippen LogP contribution in [0, 0.1) is 5.82 Å². The average Bonchev–Trinajstić information content (AvgIpc) is 2.59. The Kier molecular flexibility index (Phi) is 5.50. The van der Waals surface area contributed by atoms with E-state index in [0.717, 1.165) is 0 Å². The fraction of sp³-hybridized carbons (Fsp3) is 0.235. The Balaban J connectivity index is 1.67. The molecule has 0 radical (unpaired) electrons. The minimum absolute atomic E-state index is 0.0445. The number of thioether (sulfide) groups is 1. The topological polar surface area (TPSA) is 44.8 Å². The van der Waals surface area contributed by atoms with Crippen LogP contribution in [0.15, 0.2) is 41.3 Å². The van der Waals surface area contributed by atoms with Crippen molar-refractivity contribution >= 4 is 17.7 Å². The number of fused-ring (bicyclic) bond motifs is 1. The summed E-state index contributed by atoms with van der Waals surface area (Å²) in [5.41, 5.74) is 1.16. The van der Waals surface area contributed by atoms with Gasteiger partial charge in [-0.05, 0) is 36.4 Å². The van der Waals surface area contributed by atoms with E-state index < -0.39 is 17.5 Å². The highest BCUT2D eigenvalue weighted by Gasteiger charge is 2.18. The van der Waals surface area contributed by atoms with E-state index in [4.69, 9.17) is 14.2 Å². The summed E-state index contributed by atoms with van der Waals surface area (Å²) in [6.45, 7) is 0.0899. The van der Waals surface area contributed by atoms with Gasteiger partial charge in [-0.2, -0.15) is 8.78 Å². The molecule has 2 aromatic carbocycles. The molecule has 0 saturated heterocycles. The first-order valence-electron chi connectivity index (χ1n) is 7.27. The van der Waals surface area contributed by atoms with E-state index in [9.17, 15) is 18.0 Å². The number of halogens is 3. The van der Waals surface area contributed by atoms with Crippen LogP contribution in [0.5, 0.6) is 5.75 Å². The lowest BCUT2D eigenvalue weighted by atomic mass is 10.1. The van der Waals surface area contributed by atoms with E-state index in [1.54, 1.807) is 0 Å². The molecule has 8 heteroatoms. The Labute approximate surface area is 145 Å². The third kappa shape index (κ3) is 4.46. The van der Waals surface area contributed by atoms with Crippen molar-refractivity contribution in [3.05, 3.63) is 58.9 Å². The van der Waals surface area contributed by atoms with Crippen LogP contribution in [0.25, 0.3) is 0 Å². The molecule has 0 unspecified atom stereocenters. The number of ether oxygens (including phenoxy) is 3. The molecule has 0 N–H and O–H groups in total. The molecule has 3 rings (SSSR count). The van der Waals surface area contributed by atoms with Gasteiger partial charge in [-0.1, -0.05) is 11.8 Å². The molecule has 1 aliphatic rings. The SMILES string of the molecule is O=C(OCc1cc(F)cc2c1OCOC2)c1ccc(SC(F)F)cc1. The molecule has 2 aromatic rings. The van der Waals surface area contributed by atoms with Crippen LogP contribution < -0.4 is 4.74 Å². The average molecular weight is 370 g/mol. The maximum absolute atomic E-state index is 13.6. The Bertz CT molecular complexity index is 765. The standard InChI is InChI=1S/C17H13F3O4S/c18-13-5-11-7-22-9-24-15(11)12(6-13)8-23-16(21)10-1-3-14(4-2-10)25-17(19)20/h1-6,17H,7-9H2. The molecule has 0 aromatic heterocycles. The number of alkyl halides is 2. The maximum Gasteiger partial charge on any atom is 0.338 e. The van der Waals surface area contributed by atoms with E-state index in [1.807, 2.05) is 0 Å². The third-order valence-electron chi connectivity index (χ3n) is 3.43. The molecule has 0 atom stereocenters. The molecule has 25 heavy (non-hydrogen) atoms. The molecule has 1 aliphatic heterocycles. The highest BCUT2D eigenvalue weighted by atomic mass is 32.2. The fourth-order valence-corrected chi connectivity index (χ4v) is 2.86. The van der Waals surface area contributed by atoms with Crippen LogP contribution in [0.1, 0.15) is 21.5 Å². The molecule has 0 spiro atoms. The van der Waals surface area contributed by atoms with Crippen molar-refractivity contribution < 1.29 is 32.2 Å². The Morgan fingerprint density at radius 3 is 2.72 bits per heavy atom. The zero-order valence-electron chi connectivity index (χ0n) is 12.8. The summed E-state index contributed by atoms with van der Waals surface area (Å²) in [4.78, 5) is 12.4. The van der Waals surface area contributed by atoms with Crippen molar-refractivity contribution in [3.8, 4) is 5.75 Å². The molecule has 0 aliphatic carbocycles. The van der Waals surface area contributed by atoms with Gasteiger partial charge in [0.05, 0.1) is 12.2 Å². The van der Waals surface area contributed by atoms with Crippen molar-refractivity contribution in [2.45, 2.75) is 23.9 Å². The van der Waals surface area contributed by atoms with Crippen molar-refractivity contribution in [1.82, 2.24) is 0 Å². The molecule has 0 saturated carbocycles. The normalized spacial score (nSPS) is 13.3. The molecular formula is C17H13F3O4S. The van der Waals surface area contributed by atoms with Gasteiger partial charge in [0.2, 0.25) is 0 Å². The summed E-state index contributed by atoms with van der Waals surface area (Å²) in [5.74, 6) is -3.20. The van der Waals surface area contributed by atoms with Gasteiger partial charge >= 0.3 is 5.97 Å². The molecule has 0 bridgehead atoms. The Hall–Kier alpha value is -2.19. The van der Waals surface area contributed by atoms with E-state index in [1.165, 1.54) is 36.4 Å². The van der Waals surface area contributed by atoms with Gasteiger partial charge in [0.15, 0.2) is 6.79 Å². The van der Waals surface area contributed by atoms with E-state index in [2.05, 4.69) is 0 Å². The first-order valence-corrected chi connectivity index (χ1v) is 8.15. The summed E-state index contributed by atoms with van der Waals surface area (Å²) in [7, 11) is 0. The van der Waals surface area contributed by atoms with Crippen LogP contribution >= 0.6 is 11.8 Å². The Morgan fingerprint density at radius 1 is 1.24 bits per heavy atom. The highest BCUT2D eigenvalue weighted by molar-refractivity contribution is 7.99. The lowest BCUT2D eigenvalue weighted by Gasteiger charge is -2.20. The fourth-order valence-electron chi connectivity index (χ4n) is 2.36. The number of hydrogen-bond donors (Lipinski definition) is 0. The summed E-state index contributed by atoms with van der Waals surface area (Å²) in [6, 6.07) is 8.17. The number of benzene rings is 2. The molecule has 0 amide bonds. The van der Waals surface area contributed by atoms with Gasteiger partial charge in [0.25, 0.3) is 5.76 Å². The van der Waals surface area contributed by atoms with Gasteiger partial charge in [-0.15, -0.1) is 0 Å². The molecule has 1 heterocycles. The first kappa shape index (κ1) is 17.6. The smallest absolute Gasteiger partial charge is 0.338 e. The van der Waals surface area contributed by atoms with Crippen LogP contribution in [0.4, 0.5) is 13.2 Å². The van der Waals surface area contributed by atoms with Gasteiger partial charge in [-0.25, -0.2) is 9.18 Å². The minimum Gasteiger partial charge on any atom is -0.467 e. The first-order chi connectivity index (χ1) is 12.0. The summed E-state index contributed by atoms with van der Waals surface area (Å²) < 4.78 is 53.8. The predicted molar refractivity (Wildman–Crippen MR) is 84.1 cm³/mol. The lowest BCUT2D eigenvalue weighted by Crippen LogP contribution is -2.15. The van der Waals surface area contributed by atoms with Crippen molar-refractivity contribution in [1.29, 1.82) is 0 Å². The number of rotatable bonds is 5. The van der Waals surface area contributed by atoms with E-state index >= 15 is 0 Å². The number of hydrogen-bond acceptors (Lipinski definition) is 5. The van der Waals surface area contributed by atoms with Gasteiger partial charge in [0, 0.05) is 16.0 Å². The number of carbonyl (C=O) groups excluding carboxylic acids is 1. The number of carbonyl (C=O) groups is 1. The lowest BCUT2D eigenvalue weighted by molar-refractivity contribution is -0.0182. The molecule has 132 valence electrons. The van der Waals surface area contributed by atoms with E-state index in [0.29, 0.717) is 33.5 Å². The van der Waals surface area contributed by atoms with Gasteiger partial charge < -0.3 is 14.2 Å². The van der Waals surface area contributed by atoms with Crippen LogP contribution in [-0.4, -0.2) is 18.5 Å². The summed E-state index contributed by atoms with van der Waals surface area (Å²) in [5, 5.41) is 0. The summed E-state index contributed by atoms with van der Waals surface area (Å²) in [6.07, 6.45) is 0. The number of esters is 1. The van der Waals surface area contributed by atoms with Crippen LogP contribution in [0.3, 0.4) is 0 Å². The predicted octanol–water partition coefficient (Wildman–Crippen LogP) is 4.36. The van der Waals surface area contributed by atoms with Crippen molar-refractivity contribution in [2.75, 3.05) is 6.79 Å². The second kappa shape index (κ2) is 7.79. The second-order valence-electron chi connectivity index (χ2n) is 5.14. The van der Waals surface area contributed by atoms with Crippen molar-refractivity contribution in [3.63, 3.8) is 0 Å². The second-order valence-corrected chi connectivity index (χ2v) is 6.21. The van der Waals surface area contributed by atoms with Gasteiger partial charge in [0.1, 0.15) is 18.2 Å². The molecule has 4 nitrogen and oxygen atoms in total. The Morgan fingerprint density at radius 2 is 2.00 bits per heavy atom. The van der Waals surface area contributed by atoms with Crippen LogP contribution in [0.2, 0.25) is 0 Å². The quantitative estimate of drug-likeness (QED) is 0.578. The monoisotopic (exact) mass is 370 g/mol. The molecular weight excluding hydrogens is 357 g/mol.